The molecule has 2 unspecified atom stereocenters. The molecule has 0 spiro atoms. The van der Waals surface area contributed by atoms with Gasteiger partial charge in [0.1, 0.15) is 23.1 Å². The summed E-state index contributed by atoms with van der Waals surface area (Å²) in [6.45, 7) is -0.174. The van der Waals surface area contributed by atoms with E-state index in [-0.39, 0.29) is 29.9 Å². The Bertz CT molecular complexity index is 1390. The molecule has 37 heavy (non-hydrogen) atoms. The van der Waals surface area contributed by atoms with Crippen LogP contribution >= 0.6 is 0 Å². The third-order valence-electron chi connectivity index (χ3n) is 7.62. The molecule has 2 aliphatic heterocycles. The largest absolute Gasteiger partial charge is 0.508 e. The summed E-state index contributed by atoms with van der Waals surface area (Å²) in [7, 11) is 0. The summed E-state index contributed by atoms with van der Waals surface area (Å²) in [5.74, 6) is -0.227. The molecule has 1 saturated carbocycles. The summed E-state index contributed by atoms with van der Waals surface area (Å²) in [6, 6.07) is 10.8. The number of fused-ring (bicyclic) bond motifs is 4. The topological polar surface area (TPSA) is 97.9 Å². The summed E-state index contributed by atoms with van der Waals surface area (Å²) < 4.78 is 30.4. The number of halogens is 2. The molecular formula is C27H28F2N4O4. The molecule has 1 saturated heterocycles. The average Bonchev–Trinajstić information content (AvgIpc) is 3.58. The molecule has 1 aromatic heterocycles. The molecule has 1 aliphatic carbocycles. The second kappa shape index (κ2) is 8.72. The van der Waals surface area contributed by atoms with Gasteiger partial charge in [-0.2, -0.15) is 8.78 Å². The zero-order valence-electron chi connectivity index (χ0n) is 20.3. The van der Waals surface area contributed by atoms with Gasteiger partial charge in [0.2, 0.25) is 0 Å². The molecule has 2 aromatic carbocycles. The van der Waals surface area contributed by atoms with E-state index in [1.54, 1.807) is 42.2 Å². The minimum atomic E-state index is -2.96. The predicted molar refractivity (Wildman–Crippen MR) is 132 cm³/mol. The van der Waals surface area contributed by atoms with E-state index in [0.29, 0.717) is 41.2 Å². The van der Waals surface area contributed by atoms with Gasteiger partial charge in [-0.3, -0.25) is 14.6 Å². The third-order valence-corrected chi connectivity index (χ3v) is 7.62. The number of nitrogens with zero attached hydrogens (tertiary/aromatic N) is 2. The van der Waals surface area contributed by atoms with Gasteiger partial charge in [-0.25, -0.2) is 4.79 Å². The van der Waals surface area contributed by atoms with Crippen LogP contribution in [0.15, 0.2) is 42.5 Å². The molecule has 0 bridgehead atoms. The summed E-state index contributed by atoms with van der Waals surface area (Å²) in [5.41, 5.74) is 1.59. The molecule has 3 amide bonds. The van der Waals surface area contributed by atoms with Gasteiger partial charge >= 0.3 is 12.6 Å². The number of imide groups is 1. The molecule has 8 nitrogen and oxygen atoms in total. The molecule has 194 valence electrons. The Hall–Kier alpha value is -3.66. The van der Waals surface area contributed by atoms with E-state index in [1.165, 1.54) is 17.0 Å². The minimum Gasteiger partial charge on any atom is -0.508 e. The van der Waals surface area contributed by atoms with E-state index in [4.69, 9.17) is 0 Å². The number of alkyl halides is 2. The number of carbonyl (C=O) groups excluding carboxylic acids is 2. The highest BCUT2D eigenvalue weighted by Crippen LogP contribution is 2.49. The summed E-state index contributed by atoms with van der Waals surface area (Å²) in [4.78, 5) is 33.9. The smallest absolute Gasteiger partial charge is 0.387 e. The monoisotopic (exact) mass is 510 g/mol. The Balaban J connectivity index is 1.43. The molecule has 3 heterocycles. The first-order valence-corrected chi connectivity index (χ1v) is 12.5. The van der Waals surface area contributed by atoms with Gasteiger partial charge in [0.05, 0.1) is 0 Å². The van der Waals surface area contributed by atoms with Gasteiger partial charge in [-0.1, -0.05) is 12.1 Å². The second-order valence-corrected chi connectivity index (χ2v) is 10.2. The fraction of sp³-hybridized carbons (Fsp3) is 0.407. The van der Waals surface area contributed by atoms with Crippen LogP contribution in [0.5, 0.6) is 11.5 Å². The summed E-state index contributed by atoms with van der Waals surface area (Å²) in [6.07, 6.45) is 3.19. The number of aromatic amines is 1. The van der Waals surface area contributed by atoms with Crippen LogP contribution in [0.1, 0.15) is 49.0 Å². The minimum absolute atomic E-state index is 0.0180. The van der Waals surface area contributed by atoms with Crippen LogP contribution in [0.25, 0.3) is 10.9 Å². The first kappa shape index (κ1) is 23.7. The van der Waals surface area contributed by atoms with E-state index in [9.17, 15) is 23.5 Å². The third kappa shape index (κ3) is 3.99. The van der Waals surface area contributed by atoms with Crippen molar-refractivity contribution in [3.05, 3.63) is 59.3 Å². The van der Waals surface area contributed by atoms with Crippen molar-refractivity contribution in [1.29, 1.82) is 0 Å². The number of hydrogen-bond acceptors (Lipinski definition) is 5. The fourth-order valence-corrected chi connectivity index (χ4v) is 5.74. The number of H-pyrrole nitrogens is 1. The molecule has 0 radical (unpaired) electrons. The van der Waals surface area contributed by atoms with Crippen LogP contribution in [-0.4, -0.2) is 63.1 Å². The Morgan fingerprint density at radius 1 is 1.22 bits per heavy atom. The number of urea groups is 1. The SMILES string of the molecule is CC12Cc3c([nH]c4ccc(OC(F)F)cc34)C(c3cccc(O)c3)N1C(=O)N(CCCNC1CC1)C2=O. The Labute approximate surface area is 212 Å². The number of nitrogens with one attached hydrogen (secondary N) is 2. The van der Waals surface area contributed by atoms with Crippen molar-refractivity contribution in [2.75, 3.05) is 13.1 Å². The van der Waals surface area contributed by atoms with Gasteiger partial charge in [0, 0.05) is 35.6 Å². The van der Waals surface area contributed by atoms with E-state index < -0.39 is 18.2 Å². The van der Waals surface area contributed by atoms with E-state index in [2.05, 4.69) is 15.0 Å². The molecular weight excluding hydrogens is 482 g/mol. The van der Waals surface area contributed by atoms with Crippen molar-refractivity contribution in [3.8, 4) is 11.5 Å². The van der Waals surface area contributed by atoms with Crippen LogP contribution in [0.3, 0.4) is 0 Å². The van der Waals surface area contributed by atoms with Gasteiger partial charge < -0.3 is 20.1 Å². The highest BCUT2D eigenvalue weighted by molar-refractivity contribution is 6.08. The lowest BCUT2D eigenvalue weighted by Gasteiger charge is -2.42. The lowest BCUT2D eigenvalue weighted by molar-refractivity contribution is -0.133. The quantitative estimate of drug-likeness (QED) is 0.310. The number of aromatic nitrogens is 1. The number of phenols is 1. The first-order chi connectivity index (χ1) is 17.8. The molecule has 6 rings (SSSR count). The number of rotatable bonds is 8. The maximum atomic E-state index is 13.8. The molecule has 2 fully saturated rings. The van der Waals surface area contributed by atoms with Crippen molar-refractivity contribution in [2.24, 2.45) is 0 Å². The van der Waals surface area contributed by atoms with Crippen molar-refractivity contribution >= 4 is 22.8 Å². The van der Waals surface area contributed by atoms with Crippen LogP contribution in [0.2, 0.25) is 0 Å². The predicted octanol–water partition coefficient (Wildman–Crippen LogP) is 4.29. The molecule has 3 N–H and O–H groups in total. The maximum absolute atomic E-state index is 13.8. The molecule has 3 aliphatic rings. The van der Waals surface area contributed by atoms with E-state index >= 15 is 0 Å². The zero-order chi connectivity index (χ0) is 25.9. The van der Waals surface area contributed by atoms with Crippen LogP contribution in [0, 0.1) is 0 Å². The lowest BCUT2D eigenvalue weighted by Crippen LogP contribution is -2.53. The number of benzene rings is 2. The average molecular weight is 511 g/mol. The molecule has 2 atom stereocenters. The fourth-order valence-electron chi connectivity index (χ4n) is 5.74. The molecule has 10 heteroatoms. The number of ether oxygens (including phenoxy) is 1. The van der Waals surface area contributed by atoms with Crippen molar-refractivity contribution in [1.82, 2.24) is 20.1 Å². The van der Waals surface area contributed by atoms with Gasteiger partial charge in [0.25, 0.3) is 5.91 Å². The van der Waals surface area contributed by atoms with Crippen molar-refractivity contribution in [2.45, 2.75) is 56.8 Å². The van der Waals surface area contributed by atoms with E-state index in [0.717, 1.165) is 24.9 Å². The number of aromatic hydroxyl groups is 1. The Kier molecular flexibility index (Phi) is 5.59. The lowest BCUT2D eigenvalue weighted by atomic mass is 9.81. The maximum Gasteiger partial charge on any atom is 0.387 e. The highest BCUT2D eigenvalue weighted by atomic mass is 19.3. The van der Waals surface area contributed by atoms with Gasteiger partial charge in [-0.05, 0) is 74.2 Å². The van der Waals surface area contributed by atoms with Crippen LogP contribution in [-0.2, 0) is 11.2 Å². The summed E-state index contributed by atoms with van der Waals surface area (Å²) >= 11 is 0. The van der Waals surface area contributed by atoms with Crippen molar-refractivity contribution in [3.63, 3.8) is 0 Å². The van der Waals surface area contributed by atoms with Crippen molar-refractivity contribution < 1.29 is 28.2 Å². The highest BCUT2D eigenvalue weighted by Gasteiger charge is 2.60. The standard InChI is InChI=1S/C27H28F2N4O4/c1-27-14-20-19-13-18(37-25(28)29)8-9-21(19)31-22(20)23(15-4-2-5-17(34)12-15)33(27)26(36)32(24(27)35)11-3-10-30-16-6-7-16/h2,4-5,8-9,12-13,16,23,25,30-31,34H,3,6-7,10-11,14H2,1H3. The normalized spacial score (nSPS) is 23.2. The van der Waals surface area contributed by atoms with Crippen LogP contribution in [0.4, 0.5) is 13.6 Å². The van der Waals surface area contributed by atoms with Gasteiger partial charge in [0.15, 0.2) is 0 Å². The number of amides is 3. The van der Waals surface area contributed by atoms with E-state index in [1.807, 2.05) is 0 Å². The first-order valence-electron chi connectivity index (χ1n) is 12.5. The summed E-state index contributed by atoms with van der Waals surface area (Å²) in [5, 5.41) is 14.3. The number of hydrogen-bond donors (Lipinski definition) is 3. The van der Waals surface area contributed by atoms with Gasteiger partial charge in [-0.15, -0.1) is 0 Å². The Morgan fingerprint density at radius 2 is 2.03 bits per heavy atom. The van der Waals surface area contributed by atoms with Crippen LogP contribution < -0.4 is 10.1 Å². The Morgan fingerprint density at radius 3 is 2.76 bits per heavy atom. The second-order valence-electron chi connectivity index (χ2n) is 10.2. The number of carbonyl (C=O) groups is 2. The number of phenolic OH excluding ortho intramolecular Hbond substituents is 1. The molecule has 3 aromatic rings. The zero-order valence-corrected chi connectivity index (χ0v) is 20.3.